The number of halogens is 2. The molecule has 3 aliphatic rings. The summed E-state index contributed by atoms with van der Waals surface area (Å²) < 4.78 is 6.24. The number of aryl methyl sites for hydroxylation is 1. The fourth-order valence-corrected chi connectivity index (χ4v) is 4.42. The monoisotopic (exact) mass is 472 g/mol. The van der Waals surface area contributed by atoms with Gasteiger partial charge in [0.15, 0.2) is 0 Å². The molecule has 2 aromatic rings. The first-order valence-electron chi connectivity index (χ1n) is 8.36. The van der Waals surface area contributed by atoms with E-state index >= 15 is 0 Å². The topological polar surface area (TPSA) is 25.5 Å². The van der Waals surface area contributed by atoms with Crippen molar-refractivity contribution in [3.8, 4) is 0 Å². The average molecular weight is 475 g/mol. The predicted octanol–water partition coefficient (Wildman–Crippen LogP) is -0.421. The van der Waals surface area contributed by atoms with Gasteiger partial charge in [-0.05, 0) is 19.1 Å². The van der Waals surface area contributed by atoms with Gasteiger partial charge in [-0.25, -0.2) is 0 Å². The van der Waals surface area contributed by atoms with Crippen LogP contribution in [0.5, 0.6) is 0 Å². The minimum absolute atomic E-state index is 0. The molecule has 2 heterocycles. The van der Waals surface area contributed by atoms with Crippen molar-refractivity contribution < 1.29 is 54.0 Å². The molecular formula is C22H18Cl2NOZr. The van der Waals surface area contributed by atoms with Crippen molar-refractivity contribution in [3.05, 3.63) is 94.6 Å². The van der Waals surface area contributed by atoms with Crippen LogP contribution in [-0.4, -0.2) is 5.71 Å². The summed E-state index contributed by atoms with van der Waals surface area (Å²) in [6.07, 6.45) is 10.5. The zero-order valence-electron chi connectivity index (χ0n) is 15.0. The first kappa shape index (κ1) is 21.9. The third kappa shape index (κ3) is 4.54. The van der Waals surface area contributed by atoms with Gasteiger partial charge < -0.3 is 24.8 Å². The molecule has 0 saturated carbocycles. The Labute approximate surface area is 187 Å². The summed E-state index contributed by atoms with van der Waals surface area (Å²) in [5, 5.41) is 0. The minimum atomic E-state index is 0. The summed E-state index contributed by atoms with van der Waals surface area (Å²) in [5.41, 5.74) is 7.59. The molecule has 0 radical (unpaired) electrons. The first-order valence-corrected chi connectivity index (χ1v) is 9.78. The summed E-state index contributed by atoms with van der Waals surface area (Å²) >= 11 is 1.52. The van der Waals surface area contributed by atoms with Crippen molar-refractivity contribution in [1.82, 2.24) is 0 Å². The van der Waals surface area contributed by atoms with Crippen LogP contribution in [0.25, 0.3) is 11.6 Å². The van der Waals surface area contributed by atoms with Crippen LogP contribution in [0, 0.1) is 6.92 Å². The molecule has 1 atom stereocenters. The summed E-state index contributed by atoms with van der Waals surface area (Å²) in [6.45, 7) is 4.00. The number of aliphatic imine (C=N–C) groups is 1. The Morgan fingerprint density at radius 3 is 2.44 bits per heavy atom. The van der Waals surface area contributed by atoms with E-state index < -0.39 is 0 Å². The molecule has 2 nitrogen and oxygen atoms in total. The molecule has 0 bridgehead atoms. The largest absolute Gasteiger partial charge is 1.00 e. The summed E-state index contributed by atoms with van der Waals surface area (Å²) in [4.78, 5) is 4.27. The zero-order chi connectivity index (χ0) is 17.4. The maximum atomic E-state index is 5.72. The zero-order valence-corrected chi connectivity index (χ0v) is 19.0. The van der Waals surface area contributed by atoms with Crippen LogP contribution in [0.15, 0.2) is 81.4 Å². The van der Waals surface area contributed by atoms with Gasteiger partial charge in [0.2, 0.25) is 0 Å². The van der Waals surface area contributed by atoms with Crippen molar-refractivity contribution in [2.24, 2.45) is 4.99 Å². The minimum Gasteiger partial charge on any atom is -1.00 e. The van der Waals surface area contributed by atoms with Gasteiger partial charge in [0, 0.05) is 11.3 Å². The van der Waals surface area contributed by atoms with Crippen molar-refractivity contribution in [2.45, 2.75) is 17.5 Å². The number of hydrogen-bond acceptors (Lipinski definition) is 2. The van der Waals surface area contributed by atoms with E-state index in [-0.39, 0.29) is 24.8 Å². The fourth-order valence-electron chi connectivity index (χ4n) is 3.22. The molecule has 5 heteroatoms. The van der Waals surface area contributed by atoms with Crippen molar-refractivity contribution in [3.63, 3.8) is 0 Å². The number of benzene rings is 1. The van der Waals surface area contributed by atoms with E-state index in [1.165, 1.54) is 47.0 Å². The smallest absolute Gasteiger partial charge is 1.00 e. The molecule has 1 aliphatic heterocycles. The number of nitrogens with zero attached hydrogens (tertiary/aromatic N) is 1. The number of allylic oxidation sites excluding steroid dienone is 5. The fraction of sp³-hybridized carbons (Fsp3) is 0.136. The van der Waals surface area contributed by atoms with E-state index in [1.54, 1.807) is 0 Å². The second kappa shape index (κ2) is 9.19. The molecule has 27 heavy (non-hydrogen) atoms. The normalized spacial score (nSPS) is 18.0. The van der Waals surface area contributed by atoms with E-state index in [9.17, 15) is 0 Å². The molecule has 1 unspecified atom stereocenters. The van der Waals surface area contributed by atoms with Gasteiger partial charge in [-0.2, -0.15) is 0 Å². The Kier molecular flexibility index (Phi) is 7.45. The predicted molar refractivity (Wildman–Crippen MR) is 98.9 cm³/mol. The van der Waals surface area contributed by atoms with Crippen molar-refractivity contribution in [1.29, 1.82) is 0 Å². The standard InChI is InChI=1S/C14H11O.C8H7N.2ClH.Zr/c1-10-6-7-14(15-10)13-8-11-4-2-3-5-12(11)9-13;1-6-5-7-3-2-4-8(7)9-6;;;/h2-9H,1H3;2-5H,1H3;2*1H;/q;;;;+2/p-2. The second-order valence-corrected chi connectivity index (χ2v) is 7.75. The Bertz CT molecular complexity index is 995. The number of fused-ring (bicyclic) bond motifs is 2. The van der Waals surface area contributed by atoms with E-state index in [4.69, 9.17) is 4.42 Å². The summed E-state index contributed by atoms with van der Waals surface area (Å²) in [5.74, 6) is 2.00. The van der Waals surface area contributed by atoms with Crippen molar-refractivity contribution >= 4 is 17.4 Å². The van der Waals surface area contributed by atoms with Crippen LogP contribution in [0.4, 0.5) is 0 Å². The van der Waals surface area contributed by atoms with Crippen LogP contribution in [0.1, 0.15) is 33.2 Å². The van der Waals surface area contributed by atoms with Gasteiger partial charge in [-0.3, -0.25) is 4.99 Å². The van der Waals surface area contributed by atoms with Crippen LogP contribution in [0.3, 0.4) is 0 Å². The van der Waals surface area contributed by atoms with Gasteiger partial charge in [0.1, 0.15) is 0 Å². The number of hydrogen-bond donors (Lipinski definition) is 0. The molecule has 0 fully saturated rings. The SMILES string of the molecule is CC1=NC2=CC=CC2=C1.Cc1ccc(C2=Cc3ccccc3[CH]2[Zr+2])o1.[Cl-].[Cl-]. The molecule has 0 spiro atoms. The van der Waals surface area contributed by atoms with E-state index in [1.807, 2.05) is 32.1 Å². The molecule has 0 amide bonds. The average Bonchev–Trinajstić information content (AvgIpc) is 3.33. The molecule has 5 rings (SSSR count). The van der Waals surface area contributed by atoms with Gasteiger partial charge in [-0.15, -0.1) is 0 Å². The van der Waals surface area contributed by atoms with E-state index in [2.05, 4.69) is 53.6 Å². The van der Waals surface area contributed by atoms with E-state index in [0.29, 0.717) is 3.63 Å². The van der Waals surface area contributed by atoms with E-state index in [0.717, 1.165) is 22.9 Å². The van der Waals surface area contributed by atoms with Gasteiger partial charge in [0.25, 0.3) is 0 Å². The molecule has 0 saturated heterocycles. The number of furan rings is 1. The van der Waals surface area contributed by atoms with Crippen LogP contribution < -0.4 is 24.8 Å². The maximum Gasteiger partial charge on any atom is -1.00 e. The van der Waals surface area contributed by atoms with Crippen LogP contribution in [0.2, 0.25) is 0 Å². The third-order valence-electron chi connectivity index (χ3n) is 4.44. The van der Waals surface area contributed by atoms with Crippen LogP contribution in [-0.2, 0) is 24.7 Å². The van der Waals surface area contributed by atoms with Crippen LogP contribution >= 0.6 is 0 Å². The van der Waals surface area contributed by atoms with Crippen molar-refractivity contribution in [2.75, 3.05) is 0 Å². The quantitative estimate of drug-likeness (QED) is 0.552. The third-order valence-corrected chi connectivity index (χ3v) is 5.97. The number of rotatable bonds is 1. The summed E-state index contributed by atoms with van der Waals surface area (Å²) in [6, 6.07) is 12.7. The molecule has 0 N–H and O–H groups in total. The Hall–Kier alpha value is -1.41. The molecule has 1 aromatic heterocycles. The van der Waals surface area contributed by atoms with Gasteiger partial charge in [0.05, 0.1) is 5.70 Å². The Morgan fingerprint density at radius 1 is 1.00 bits per heavy atom. The first-order chi connectivity index (χ1) is 12.1. The Balaban J connectivity index is 0.000000205. The molecule has 2 aliphatic carbocycles. The van der Waals surface area contributed by atoms with Gasteiger partial charge >= 0.3 is 110 Å². The molecule has 1 aromatic carbocycles. The maximum absolute atomic E-state index is 5.72. The Morgan fingerprint density at radius 2 is 1.78 bits per heavy atom. The summed E-state index contributed by atoms with van der Waals surface area (Å²) in [7, 11) is 0. The van der Waals surface area contributed by atoms with Gasteiger partial charge in [-0.1, -0.05) is 12.2 Å². The second-order valence-electron chi connectivity index (χ2n) is 6.34. The molecular weight excluding hydrogens is 456 g/mol. The molecule has 135 valence electrons.